The van der Waals surface area contributed by atoms with Gasteiger partial charge >= 0.3 is 17.9 Å². The van der Waals surface area contributed by atoms with E-state index in [9.17, 15) is 137 Å². The van der Waals surface area contributed by atoms with Gasteiger partial charge in [-0.25, -0.2) is 10.9 Å². The van der Waals surface area contributed by atoms with E-state index < -0.39 is 292 Å². The predicted molar refractivity (Wildman–Crippen MR) is 386 cm³/mol. The molecule has 1 aromatic rings. The van der Waals surface area contributed by atoms with Crippen LogP contribution in [0.5, 0.6) is 0 Å². The molecule has 2 unspecified atom stereocenters. The zero-order chi connectivity index (χ0) is 84.5. The summed E-state index contributed by atoms with van der Waals surface area (Å²) >= 11 is 0. The number of aliphatic hydroxyl groups is 6. The van der Waals surface area contributed by atoms with E-state index in [0.717, 1.165) is 13.8 Å². The Morgan fingerprint density at radius 3 is 1.55 bits per heavy atom. The van der Waals surface area contributed by atoms with Crippen molar-refractivity contribution in [3.05, 3.63) is 35.9 Å². The van der Waals surface area contributed by atoms with E-state index >= 15 is 0 Å². The topological polar surface area (TPSA) is 742 Å². The highest BCUT2D eigenvalue weighted by atomic mass is 33.1. The third-order valence-electron chi connectivity index (χ3n) is 16.0. The maximum atomic E-state index is 14.8. The zero-order valence-corrected chi connectivity index (χ0v) is 62.6. The number of aldehydes is 2. The van der Waals surface area contributed by atoms with Crippen LogP contribution in [-0.2, 0) is 102 Å². The number of aliphatic carboxylic acids is 3. The van der Waals surface area contributed by atoms with Gasteiger partial charge in [-0.3, -0.25) is 96.9 Å². The lowest BCUT2D eigenvalue weighted by atomic mass is 10.00. The number of Topliss-reactive ketones (excluding diaryl/α,β-unsaturated/α-hetero) is 3. The average Bonchev–Trinajstić information content (AvgIpc) is 0.821. The first-order chi connectivity index (χ1) is 52.9. The summed E-state index contributed by atoms with van der Waals surface area (Å²) in [4.78, 5) is 260. The van der Waals surface area contributed by atoms with Gasteiger partial charge in [-0.15, -0.1) is 0 Å². The lowest BCUT2D eigenvalue weighted by Gasteiger charge is -2.33. The molecule has 624 valence electrons. The van der Waals surface area contributed by atoms with E-state index in [4.69, 9.17) is 10.8 Å². The minimum atomic E-state index is -2.21. The third kappa shape index (κ3) is 35.1. The number of hydrogen-bond donors (Lipinski definition) is 26. The molecule has 12 amide bonds. The SMILES string of the molecule is CC(C)[C@H](NC(=O)[C@H](Cc1ccccc1)NC1SSC(C(=O)[C@H](CC(=O)O)NC(=O)[C@H](CO)NC(=O)[C@H](CO)NC(=O)[C@H](C)NC(=O)CNCCC(=O)[C@H](CC(=O)O)NC(=O)[C@H](CCC(=O)O)NNCC=O)N[C@@H](CO)C(=O)N[C@@H]([C@@H](C)O)C1=O)C(=O)N[C@@H](CO)C(=O)N[C@@H](CCC(N)=O)C(=O)N[C@@H](CO)C(=O)NCC=O. The van der Waals surface area contributed by atoms with Crippen LogP contribution < -0.4 is 91.0 Å². The van der Waals surface area contributed by atoms with Gasteiger partial charge in [-0.2, -0.15) is 0 Å². The van der Waals surface area contributed by atoms with Crippen molar-refractivity contribution in [3.8, 4) is 0 Å². The fraction of sp³-hybridized carbons (Fsp3) is 0.594. The van der Waals surface area contributed by atoms with Crippen LogP contribution in [0.25, 0.3) is 0 Å². The quantitative estimate of drug-likeness (QED) is 0.0125. The van der Waals surface area contributed by atoms with Gasteiger partial charge in [-0.05, 0) is 44.6 Å². The summed E-state index contributed by atoms with van der Waals surface area (Å²) in [5.74, 6) is -22.5. The number of carboxylic acid groups (broad SMARTS) is 3. The molecule has 16 atom stereocenters. The molecule has 27 N–H and O–H groups in total. The number of rotatable bonds is 53. The second kappa shape index (κ2) is 51.4. The molecular formula is C64H97N17O29S2. The first-order valence-electron chi connectivity index (χ1n) is 34.4. The van der Waals surface area contributed by atoms with Crippen LogP contribution in [0.1, 0.15) is 78.2 Å². The molecule has 0 bridgehead atoms. The fourth-order valence-corrected chi connectivity index (χ4v) is 12.7. The van der Waals surface area contributed by atoms with Gasteiger partial charge in [0.25, 0.3) is 0 Å². The number of hydrazine groups is 1. The summed E-state index contributed by atoms with van der Waals surface area (Å²) < 4.78 is 0. The Balaban J connectivity index is 2.41. The van der Waals surface area contributed by atoms with Crippen LogP contribution in [0.4, 0.5) is 0 Å². The number of carbonyl (C=O) groups is 20. The Labute approximate surface area is 646 Å². The van der Waals surface area contributed by atoms with Gasteiger partial charge in [-0.1, -0.05) is 65.8 Å². The molecule has 1 aliphatic heterocycles. The molecule has 0 spiro atoms. The Hall–Kier alpha value is -10.1. The molecule has 0 aliphatic carbocycles. The molecule has 2 rings (SSSR count). The maximum Gasteiger partial charge on any atom is 0.305 e. The fourth-order valence-electron chi connectivity index (χ4n) is 9.94. The Bertz CT molecular complexity index is 3460. The Morgan fingerprint density at radius 2 is 1.04 bits per heavy atom. The van der Waals surface area contributed by atoms with Crippen molar-refractivity contribution in [2.24, 2.45) is 11.7 Å². The zero-order valence-electron chi connectivity index (χ0n) is 61.0. The number of hydrogen-bond acceptors (Lipinski definition) is 33. The molecule has 112 heavy (non-hydrogen) atoms. The summed E-state index contributed by atoms with van der Waals surface area (Å²) in [6, 6.07) is -15.2. The number of carboxylic acids is 3. The molecule has 1 heterocycles. The second-order valence-electron chi connectivity index (χ2n) is 25.2. The molecule has 46 nitrogen and oxygen atoms in total. The number of amides is 12. The van der Waals surface area contributed by atoms with E-state index in [1.54, 1.807) is 30.3 Å². The molecule has 0 aromatic heterocycles. The molecule has 1 fully saturated rings. The summed E-state index contributed by atoms with van der Waals surface area (Å²) in [5.41, 5.74) is 10.4. The summed E-state index contributed by atoms with van der Waals surface area (Å²) in [6.07, 6.45) is -5.96. The number of aliphatic hydroxyl groups excluding tert-OH is 6. The monoisotopic (exact) mass is 1630 g/mol. The van der Waals surface area contributed by atoms with Crippen LogP contribution in [-0.4, -0.2) is 319 Å². The van der Waals surface area contributed by atoms with Gasteiger partial charge < -0.3 is 125 Å². The smallest absolute Gasteiger partial charge is 0.305 e. The minimum Gasteiger partial charge on any atom is -0.481 e. The highest BCUT2D eigenvalue weighted by Crippen LogP contribution is 2.33. The van der Waals surface area contributed by atoms with Crippen molar-refractivity contribution in [1.29, 1.82) is 0 Å². The molecule has 1 saturated heterocycles. The minimum absolute atomic E-state index is 0.302. The van der Waals surface area contributed by atoms with E-state index in [1.807, 2.05) is 5.32 Å². The maximum absolute atomic E-state index is 14.8. The van der Waals surface area contributed by atoms with Crippen molar-refractivity contribution < 1.29 is 142 Å². The van der Waals surface area contributed by atoms with Crippen LogP contribution in [0.2, 0.25) is 0 Å². The van der Waals surface area contributed by atoms with Gasteiger partial charge in [0, 0.05) is 25.8 Å². The van der Waals surface area contributed by atoms with E-state index in [1.165, 1.54) is 13.8 Å². The first kappa shape index (κ1) is 98.0. The van der Waals surface area contributed by atoms with Gasteiger partial charge in [0.05, 0.1) is 83.7 Å². The standard InChI is InChI=1S/C64H97N17O29S2/c1-29(2)49(62(110)76-41(27-87)58(106)70-33(10-12-44(65)91)55(103)74-38(24-84)54(102)67-16-18-82)79-57(105)37(20-32-8-6-5-7-9-32)77-64-52(100)50(31(4)89)80-61(109)42(28-88)78-63(111-112-64)51(99)36(22-48(97)98)72-59(107)40(26-86)75-60(108)39(25-85)73-53(101)30(3)69-45(92)23-66-15-14-43(90)35(21-47(95)96)71-56(104)34(11-13-46(93)94)81-68-17-19-83/h5-9,18-19,29-31,33-42,49-50,63-64,66,68,77-78,81,84-89H,10-17,20-28H2,1-4H3,(H2,65,91)(H,67,102)(H,69,92)(H,70,106)(H,71,104)(H,72,107)(H,73,101)(H,74,103)(H,75,108)(H,76,110)(H,79,105)(H,80,109)(H,93,94)(H,95,96)(H,97,98)/t30-,31+,33-,34-,35-,36-,37-,38-,39-,40-,41-,42-,49-,50-,63?,64?/m0/s1. The molecule has 1 aliphatic rings. The Kier molecular flexibility index (Phi) is 45.0. The average molecular weight is 1630 g/mol. The first-order valence-corrected chi connectivity index (χ1v) is 36.7. The number of primary amides is 1. The molecule has 1 aromatic carbocycles. The van der Waals surface area contributed by atoms with Gasteiger partial charge in [0.2, 0.25) is 70.9 Å². The molecular weight excluding hydrogens is 1530 g/mol. The van der Waals surface area contributed by atoms with E-state index in [-0.39, 0.29) is 25.9 Å². The van der Waals surface area contributed by atoms with E-state index in [2.05, 4.69) is 80.0 Å². The summed E-state index contributed by atoms with van der Waals surface area (Å²) in [6.45, 7) is -2.46. The number of nitrogens with two attached hydrogens (primary N) is 1. The van der Waals surface area contributed by atoms with Crippen molar-refractivity contribution >= 4 is 140 Å². The van der Waals surface area contributed by atoms with Crippen LogP contribution in [0, 0.1) is 5.92 Å². The molecule has 0 radical (unpaired) electrons. The number of ketones is 3. The van der Waals surface area contributed by atoms with E-state index in [0.29, 0.717) is 39.7 Å². The third-order valence-corrected chi connectivity index (χ3v) is 18.7. The Morgan fingerprint density at radius 1 is 0.545 bits per heavy atom. The highest BCUT2D eigenvalue weighted by molar-refractivity contribution is 8.77. The van der Waals surface area contributed by atoms with Crippen LogP contribution in [0.15, 0.2) is 30.3 Å². The number of benzene rings is 1. The molecule has 48 heteroatoms. The van der Waals surface area contributed by atoms with Crippen molar-refractivity contribution in [2.45, 2.75) is 174 Å². The van der Waals surface area contributed by atoms with Crippen molar-refractivity contribution in [3.63, 3.8) is 0 Å². The van der Waals surface area contributed by atoms with Crippen molar-refractivity contribution in [1.82, 2.24) is 85.3 Å². The number of nitrogens with one attached hydrogen (secondary N) is 16. The second-order valence-corrected chi connectivity index (χ2v) is 27.6. The summed E-state index contributed by atoms with van der Waals surface area (Å²) in [7, 11) is 0.783. The lowest BCUT2D eigenvalue weighted by Crippen LogP contribution is -2.63. The van der Waals surface area contributed by atoms with Gasteiger partial charge in [0.15, 0.2) is 17.3 Å². The number of carbonyl (C=O) groups excluding carboxylic acids is 17. The van der Waals surface area contributed by atoms with Crippen LogP contribution in [0.3, 0.4) is 0 Å². The van der Waals surface area contributed by atoms with Crippen LogP contribution >= 0.6 is 21.6 Å². The normalized spacial score (nSPS) is 18.2. The molecule has 0 saturated carbocycles. The predicted octanol–water partition coefficient (Wildman–Crippen LogP) is -13.2. The highest BCUT2D eigenvalue weighted by Gasteiger charge is 2.43. The lowest BCUT2D eigenvalue weighted by molar-refractivity contribution is -0.141. The largest absolute Gasteiger partial charge is 0.481 e. The summed E-state index contributed by atoms with van der Waals surface area (Å²) in [5, 5.41) is 119. The van der Waals surface area contributed by atoms with Gasteiger partial charge in [0.1, 0.15) is 89.8 Å². The van der Waals surface area contributed by atoms with Crippen molar-refractivity contribution in [2.75, 3.05) is 59.2 Å².